The van der Waals surface area contributed by atoms with Gasteiger partial charge in [0.05, 0.1) is 18.1 Å². The van der Waals surface area contributed by atoms with Crippen molar-refractivity contribution in [2.24, 2.45) is 0 Å². The van der Waals surface area contributed by atoms with E-state index in [1.54, 1.807) is 29.2 Å². The number of nitrogens with zero attached hydrogens (tertiary/aromatic N) is 1. The summed E-state index contributed by atoms with van der Waals surface area (Å²) in [7, 11) is -3.12. The molecule has 6 heteroatoms. The molecule has 0 saturated carbocycles. The highest BCUT2D eigenvalue weighted by atomic mass is 32.2. The van der Waals surface area contributed by atoms with Crippen LogP contribution in [0.5, 0.6) is 5.75 Å². The van der Waals surface area contributed by atoms with Crippen LogP contribution in [0.2, 0.25) is 0 Å². The van der Waals surface area contributed by atoms with Gasteiger partial charge in [0.25, 0.3) is 5.91 Å². The van der Waals surface area contributed by atoms with Crippen LogP contribution in [0.1, 0.15) is 35.7 Å². The lowest BCUT2D eigenvalue weighted by molar-refractivity contribution is 0.0682. The number of ether oxygens (including phenoxy) is 1. The van der Waals surface area contributed by atoms with E-state index in [4.69, 9.17) is 4.74 Å². The molecule has 0 spiro atoms. The number of carbonyl (C=O) groups is 1. The Bertz CT molecular complexity index is 1170. The van der Waals surface area contributed by atoms with Crippen molar-refractivity contribution in [3.05, 3.63) is 77.9 Å². The number of rotatable bonds is 7. The number of hydrogen-bond donors (Lipinski definition) is 0. The lowest BCUT2D eigenvalue weighted by Gasteiger charge is -2.29. The Kier molecular flexibility index (Phi) is 6.28. The van der Waals surface area contributed by atoms with E-state index >= 15 is 0 Å². The van der Waals surface area contributed by atoms with Gasteiger partial charge in [0.2, 0.25) is 0 Å². The fourth-order valence-corrected chi connectivity index (χ4v) is 5.81. The largest absolute Gasteiger partial charge is 0.494 e. The summed E-state index contributed by atoms with van der Waals surface area (Å²) >= 11 is 0. The molecule has 3 aromatic carbocycles. The van der Waals surface area contributed by atoms with Crippen molar-refractivity contribution in [2.75, 3.05) is 18.1 Å². The van der Waals surface area contributed by atoms with Gasteiger partial charge in [-0.25, -0.2) is 8.42 Å². The van der Waals surface area contributed by atoms with Gasteiger partial charge in [0.15, 0.2) is 9.84 Å². The third-order valence-electron chi connectivity index (χ3n) is 5.70. The van der Waals surface area contributed by atoms with Gasteiger partial charge in [-0.1, -0.05) is 49.4 Å². The summed E-state index contributed by atoms with van der Waals surface area (Å²) < 4.78 is 29.9. The van der Waals surface area contributed by atoms with E-state index in [0.29, 0.717) is 25.1 Å². The Morgan fingerprint density at radius 2 is 1.77 bits per heavy atom. The molecule has 162 valence electrons. The molecule has 1 atom stereocenters. The Morgan fingerprint density at radius 1 is 1.03 bits per heavy atom. The minimum absolute atomic E-state index is 0.0151. The molecule has 0 bridgehead atoms. The summed E-state index contributed by atoms with van der Waals surface area (Å²) in [6.45, 7) is 3.04. The molecule has 0 N–H and O–H groups in total. The molecule has 0 unspecified atom stereocenters. The Morgan fingerprint density at radius 3 is 2.48 bits per heavy atom. The molecule has 1 aliphatic heterocycles. The minimum atomic E-state index is -3.12. The molecule has 1 fully saturated rings. The number of fused-ring (bicyclic) bond motifs is 1. The van der Waals surface area contributed by atoms with Gasteiger partial charge in [-0.15, -0.1) is 0 Å². The van der Waals surface area contributed by atoms with Gasteiger partial charge in [-0.05, 0) is 53.4 Å². The fraction of sp³-hybridized carbons (Fsp3) is 0.320. The molecule has 0 aromatic heterocycles. The Labute approximate surface area is 183 Å². The zero-order chi connectivity index (χ0) is 21.8. The lowest BCUT2D eigenvalue weighted by atomic mass is 10.0. The second-order valence-electron chi connectivity index (χ2n) is 8.00. The molecule has 1 aliphatic rings. The first-order valence-corrected chi connectivity index (χ1v) is 12.5. The number of hydrogen-bond acceptors (Lipinski definition) is 4. The maximum atomic E-state index is 13.5. The van der Waals surface area contributed by atoms with Crippen LogP contribution in [-0.4, -0.2) is 43.4 Å². The SMILES string of the molecule is CCCOc1ccc(C(=O)N(Cc2cccc3ccccc23)[C@H]2CCS(=O)(=O)C2)cc1. The van der Waals surface area contributed by atoms with E-state index in [-0.39, 0.29) is 23.5 Å². The lowest BCUT2D eigenvalue weighted by Crippen LogP contribution is -2.40. The normalized spacial score (nSPS) is 17.5. The summed E-state index contributed by atoms with van der Waals surface area (Å²) in [5.74, 6) is 0.710. The smallest absolute Gasteiger partial charge is 0.254 e. The first-order chi connectivity index (χ1) is 15.0. The third kappa shape index (κ3) is 4.90. The molecule has 1 saturated heterocycles. The molecular formula is C25H27NO4S. The van der Waals surface area contributed by atoms with Crippen LogP contribution in [0, 0.1) is 0 Å². The first kappa shape index (κ1) is 21.4. The number of amides is 1. The van der Waals surface area contributed by atoms with Crippen molar-refractivity contribution < 1.29 is 17.9 Å². The predicted molar refractivity (Wildman–Crippen MR) is 123 cm³/mol. The van der Waals surface area contributed by atoms with Crippen molar-refractivity contribution >= 4 is 26.5 Å². The van der Waals surface area contributed by atoms with E-state index in [1.807, 2.05) is 49.4 Å². The van der Waals surface area contributed by atoms with Crippen LogP contribution in [0.25, 0.3) is 10.8 Å². The van der Waals surface area contributed by atoms with E-state index in [9.17, 15) is 13.2 Å². The second-order valence-corrected chi connectivity index (χ2v) is 10.2. The third-order valence-corrected chi connectivity index (χ3v) is 7.46. The molecule has 5 nitrogen and oxygen atoms in total. The molecular weight excluding hydrogens is 410 g/mol. The van der Waals surface area contributed by atoms with Crippen LogP contribution in [0.4, 0.5) is 0 Å². The van der Waals surface area contributed by atoms with Crippen LogP contribution in [0.3, 0.4) is 0 Å². The summed E-state index contributed by atoms with van der Waals surface area (Å²) in [5, 5.41) is 2.18. The summed E-state index contributed by atoms with van der Waals surface area (Å²) in [6, 6.07) is 20.9. The van der Waals surface area contributed by atoms with Crippen molar-refractivity contribution in [2.45, 2.75) is 32.4 Å². The molecule has 31 heavy (non-hydrogen) atoms. The summed E-state index contributed by atoms with van der Waals surface area (Å²) in [4.78, 5) is 15.2. The molecule has 0 radical (unpaired) electrons. The van der Waals surface area contributed by atoms with Crippen molar-refractivity contribution in [3.63, 3.8) is 0 Å². The Balaban J connectivity index is 1.65. The molecule has 4 rings (SSSR count). The van der Waals surface area contributed by atoms with Crippen LogP contribution in [0.15, 0.2) is 66.7 Å². The van der Waals surface area contributed by atoms with E-state index in [1.165, 1.54) is 0 Å². The van der Waals surface area contributed by atoms with E-state index < -0.39 is 9.84 Å². The predicted octanol–water partition coefficient (Wildman–Crippen LogP) is 4.46. The highest BCUT2D eigenvalue weighted by Crippen LogP contribution is 2.26. The first-order valence-electron chi connectivity index (χ1n) is 10.7. The van der Waals surface area contributed by atoms with Gasteiger partial charge < -0.3 is 9.64 Å². The average molecular weight is 438 g/mol. The van der Waals surface area contributed by atoms with Crippen LogP contribution >= 0.6 is 0 Å². The summed E-state index contributed by atoms with van der Waals surface area (Å²) in [6.07, 6.45) is 1.38. The van der Waals surface area contributed by atoms with Crippen molar-refractivity contribution in [3.8, 4) is 5.75 Å². The van der Waals surface area contributed by atoms with Gasteiger partial charge in [0, 0.05) is 18.2 Å². The minimum Gasteiger partial charge on any atom is -0.494 e. The summed E-state index contributed by atoms with van der Waals surface area (Å²) in [5.41, 5.74) is 1.55. The van der Waals surface area contributed by atoms with E-state index in [2.05, 4.69) is 0 Å². The maximum Gasteiger partial charge on any atom is 0.254 e. The number of sulfone groups is 1. The quantitative estimate of drug-likeness (QED) is 0.548. The van der Waals surface area contributed by atoms with Gasteiger partial charge in [0.1, 0.15) is 5.75 Å². The molecule has 0 aliphatic carbocycles. The van der Waals surface area contributed by atoms with Gasteiger partial charge in [-0.3, -0.25) is 4.79 Å². The zero-order valence-corrected chi connectivity index (χ0v) is 18.5. The van der Waals surface area contributed by atoms with Gasteiger partial charge >= 0.3 is 0 Å². The highest BCUT2D eigenvalue weighted by molar-refractivity contribution is 7.91. The molecule has 1 heterocycles. The fourth-order valence-electron chi connectivity index (χ4n) is 4.08. The topological polar surface area (TPSA) is 63.7 Å². The number of carbonyl (C=O) groups excluding carboxylic acids is 1. The van der Waals surface area contributed by atoms with Crippen molar-refractivity contribution in [1.82, 2.24) is 4.90 Å². The van der Waals surface area contributed by atoms with E-state index in [0.717, 1.165) is 28.5 Å². The van der Waals surface area contributed by atoms with Crippen LogP contribution < -0.4 is 4.74 Å². The number of benzene rings is 3. The maximum absolute atomic E-state index is 13.5. The molecule has 3 aromatic rings. The monoisotopic (exact) mass is 437 g/mol. The standard InChI is InChI=1S/C25H27NO4S/c1-2-15-30-23-12-10-20(11-13-23)25(27)26(22-14-16-31(28,29)18-22)17-21-8-5-7-19-6-3-4-9-24(19)21/h3-13,22H,2,14-18H2,1H3/t22-/m0/s1. The zero-order valence-electron chi connectivity index (χ0n) is 17.7. The van der Waals surface area contributed by atoms with Crippen molar-refractivity contribution in [1.29, 1.82) is 0 Å². The highest BCUT2D eigenvalue weighted by Gasteiger charge is 2.35. The Hall–Kier alpha value is -2.86. The van der Waals surface area contributed by atoms with Gasteiger partial charge in [-0.2, -0.15) is 0 Å². The van der Waals surface area contributed by atoms with Crippen LogP contribution in [-0.2, 0) is 16.4 Å². The average Bonchev–Trinajstić information content (AvgIpc) is 3.15. The second kappa shape index (κ2) is 9.10. The molecule has 1 amide bonds.